The van der Waals surface area contributed by atoms with Gasteiger partial charge in [0.1, 0.15) is 11.8 Å². The number of hydrogen-bond donors (Lipinski definition) is 0. The zero-order valence-electron chi connectivity index (χ0n) is 21.2. The predicted octanol–water partition coefficient (Wildman–Crippen LogP) is 3.87. The average molecular weight is 543 g/mol. The molecule has 2 aromatic carbocycles. The van der Waals surface area contributed by atoms with E-state index in [4.69, 9.17) is 30.5 Å². The summed E-state index contributed by atoms with van der Waals surface area (Å²) in [6, 6.07) is 9.71. The molecular formula is C27H27ClN2O6S. The van der Waals surface area contributed by atoms with Crippen LogP contribution in [0.5, 0.6) is 17.2 Å². The van der Waals surface area contributed by atoms with Crippen LogP contribution in [0.25, 0.3) is 6.08 Å². The number of carbonyl (C=O) groups is 1. The lowest BCUT2D eigenvalue weighted by atomic mass is 9.94. The number of thiazole rings is 1. The van der Waals surface area contributed by atoms with E-state index in [2.05, 4.69) is 4.99 Å². The molecular weight excluding hydrogens is 516 g/mol. The first-order chi connectivity index (χ1) is 17.8. The van der Waals surface area contributed by atoms with E-state index < -0.39 is 12.0 Å². The molecule has 2 heterocycles. The third-order valence-corrected chi connectivity index (χ3v) is 7.03. The Bertz CT molecular complexity index is 1560. The number of allylic oxidation sites excluding steroid dienone is 1. The third-order valence-electron chi connectivity index (χ3n) is 5.81. The van der Waals surface area contributed by atoms with Crippen molar-refractivity contribution in [3.63, 3.8) is 0 Å². The molecule has 0 fully saturated rings. The first-order valence-electron chi connectivity index (χ1n) is 11.7. The van der Waals surface area contributed by atoms with Gasteiger partial charge in [-0.1, -0.05) is 35.1 Å². The third kappa shape index (κ3) is 5.01. The van der Waals surface area contributed by atoms with Gasteiger partial charge < -0.3 is 18.9 Å². The highest BCUT2D eigenvalue weighted by Gasteiger charge is 2.36. The van der Waals surface area contributed by atoms with Gasteiger partial charge in [-0.2, -0.15) is 0 Å². The van der Waals surface area contributed by atoms with Crippen molar-refractivity contribution in [2.75, 3.05) is 27.4 Å². The molecule has 4 rings (SSSR count). The maximum Gasteiger partial charge on any atom is 0.338 e. The molecule has 1 aromatic heterocycles. The molecule has 0 radical (unpaired) electrons. The molecule has 0 bridgehead atoms. The number of nitrogens with zero attached hydrogens (tertiary/aromatic N) is 2. The molecule has 10 heteroatoms. The Labute approximate surface area is 223 Å². The molecule has 0 unspecified atom stereocenters. The maximum atomic E-state index is 13.9. The van der Waals surface area contributed by atoms with Crippen LogP contribution in [0.15, 0.2) is 57.5 Å². The maximum absolute atomic E-state index is 13.9. The largest absolute Gasteiger partial charge is 0.496 e. The van der Waals surface area contributed by atoms with Crippen LogP contribution >= 0.6 is 22.9 Å². The van der Waals surface area contributed by atoms with Crippen molar-refractivity contribution in [1.29, 1.82) is 0 Å². The van der Waals surface area contributed by atoms with Crippen molar-refractivity contribution in [2.45, 2.75) is 26.8 Å². The van der Waals surface area contributed by atoms with E-state index in [1.54, 1.807) is 64.5 Å². The lowest BCUT2D eigenvalue weighted by molar-refractivity contribution is -0.139. The summed E-state index contributed by atoms with van der Waals surface area (Å²) in [5.41, 5.74) is 1.63. The molecule has 1 aliphatic heterocycles. The SMILES string of the molecule is CCOC(=O)C1=C(C)N=c2s/c(=C/c3cc(Cl)ccc3OC)c(=O)n2[C@@H]1c1cccc(OC)c1OCC. The van der Waals surface area contributed by atoms with Crippen LogP contribution in [0.1, 0.15) is 37.9 Å². The second-order valence-electron chi connectivity index (χ2n) is 8.00. The van der Waals surface area contributed by atoms with E-state index in [1.807, 2.05) is 13.0 Å². The van der Waals surface area contributed by atoms with E-state index in [9.17, 15) is 9.59 Å². The Balaban J connectivity index is 2.04. The first kappa shape index (κ1) is 26.5. The van der Waals surface area contributed by atoms with Gasteiger partial charge >= 0.3 is 5.97 Å². The molecule has 0 saturated carbocycles. The summed E-state index contributed by atoms with van der Waals surface area (Å²) in [7, 11) is 3.09. The normalized spacial score (nSPS) is 15.2. The Kier molecular flexibility index (Phi) is 8.04. The molecule has 37 heavy (non-hydrogen) atoms. The number of rotatable bonds is 8. The van der Waals surface area contributed by atoms with Gasteiger partial charge in [0.15, 0.2) is 16.3 Å². The van der Waals surface area contributed by atoms with Gasteiger partial charge in [0.05, 0.1) is 43.2 Å². The van der Waals surface area contributed by atoms with Crippen LogP contribution in [0.3, 0.4) is 0 Å². The van der Waals surface area contributed by atoms with Crippen LogP contribution < -0.4 is 29.1 Å². The van der Waals surface area contributed by atoms with Crippen LogP contribution in [0.4, 0.5) is 0 Å². The zero-order valence-corrected chi connectivity index (χ0v) is 22.7. The molecule has 3 aromatic rings. The molecule has 0 saturated heterocycles. The highest BCUT2D eigenvalue weighted by molar-refractivity contribution is 7.07. The highest BCUT2D eigenvalue weighted by Crippen LogP contribution is 2.40. The van der Waals surface area contributed by atoms with Crippen LogP contribution in [0, 0.1) is 0 Å². The predicted molar refractivity (Wildman–Crippen MR) is 143 cm³/mol. The summed E-state index contributed by atoms with van der Waals surface area (Å²) >= 11 is 7.42. The first-order valence-corrected chi connectivity index (χ1v) is 12.9. The minimum Gasteiger partial charge on any atom is -0.496 e. The number of ether oxygens (including phenoxy) is 4. The van der Waals surface area contributed by atoms with Gasteiger partial charge in [-0.3, -0.25) is 9.36 Å². The summed E-state index contributed by atoms with van der Waals surface area (Å²) in [6.45, 7) is 5.86. The fourth-order valence-electron chi connectivity index (χ4n) is 4.25. The van der Waals surface area contributed by atoms with E-state index in [0.29, 0.717) is 55.0 Å². The minimum absolute atomic E-state index is 0.178. The molecule has 194 valence electrons. The molecule has 1 atom stereocenters. The summed E-state index contributed by atoms with van der Waals surface area (Å²) in [4.78, 5) is 32.2. The molecule has 0 aliphatic carbocycles. The number of esters is 1. The van der Waals surface area contributed by atoms with Crippen molar-refractivity contribution < 1.29 is 23.7 Å². The topological polar surface area (TPSA) is 88.4 Å². The van der Waals surface area contributed by atoms with E-state index in [1.165, 1.54) is 15.9 Å². The standard InChI is InChI=1S/C27H27ClN2O6S/c1-6-35-24-18(9-8-10-20(24)34-5)23-22(26(32)36-7-2)15(3)29-27-30(23)25(31)21(37-27)14-16-13-17(28)11-12-19(16)33-4/h8-14,23H,6-7H2,1-5H3/b21-14+/t23-/m1/s1. The average Bonchev–Trinajstić information content (AvgIpc) is 3.18. The van der Waals surface area contributed by atoms with Gasteiger partial charge in [0.2, 0.25) is 0 Å². The number of fused-ring (bicyclic) bond motifs is 1. The van der Waals surface area contributed by atoms with Gasteiger partial charge in [0, 0.05) is 16.1 Å². The van der Waals surface area contributed by atoms with Crippen LogP contribution in [-0.4, -0.2) is 38.0 Å². The van der Waals surface area contributed by atoms with Crippen molar-refractivity contribution in [3.05, 3.63) is 83.5 Å². The minimum atomic E-state index is -0.838. The van der Waals surface area contributed by atoms with E-state index in [-0.39, 0.29) is 17.7 Å². The number of aromatic nitrogens is 1. The fraction of sp³-hybridized carbons (Fsp3) is 0.296. The van der Waals surface area contributed by atoms with E-state index in [0.717, 1.165) is 0 Å². The number of hydrogen-bond acceptors (Lipinski definition) is 8. The van der Waals surface area contributed by atoms with Crippen LogP contribution in [0.2, 0.25) is 5.02 Å². The number of para-hydroxylation sites is 1. The van der Waals surface area contributed by atoms with Crippen LogP contribution in [-0.2, 0) is 9.53 Å². The Morgan fingerprint density at radius 1 is 1.14 bits per heavy atom. The van der Waals surface area contributed by atoms with Gasteiger partial charge in [-0.05, 0) is 51.1 Å². The van der Waals surface area contributed by atoms with Gasteiger partial charge in [-0.25, -0.2) is 9.79 Å². The number of carbonyl (C=O) groups excluding carboxylic acids is 1. The molecule has 0 spiro atoms. The van der Waals surface area contributed by atoms with E-state index >= 15 is 0 Å². The Hall–Kier alpha value is -3.56. The second-order valence-corrected chi connectivity index (χ2v) is 9.45. The molecule has 1 aliphatic rings. The zero-order chi connectivity index (χ0) is 26.7. The summed E-state index contributed by atoms with van der Waals surface area (Å²) in [5, 5.41) is 0.510. The van der Waals surface area contributed by atoms with Gasteiger partial charge in [-0.15, -0.1) is 0 Å². The number of methoxy groups -OCH3 is 2. The molecule has 0 amide bonds. The summed E-state index contributed by atoms with van der Waals surface area (Å²) in [6.07, 6.45) is 1.71. The Morgan fingerprint density at radius 3 is 2.57 bits per heavy atom. The Morgan fingerprint density at radius 2 is 1.89 bits per heavy atom. The fourth-order valence-corrected chi connectivity index (χ4v) is 5.47. The highest BCUT2D eigenvalue weighted by atomic mass is 35.5. The smallest absolute Gasteiger partial charge is 0.338 e. The number of halogens is 1. The monoisotopic (exact) mass is 542 g/mol. The molecule has 8 nitrogen and oxygen atoms in total. The number of benzene rings is 2. The quantitative estimate of drug-likeness (QED) is 0.402. The van der Waals surface area contributed by atoms with Crippen molar-refractivity contribution in [1.82, 2.24) is 4.57 Å². The van der Waals surface area contributed by atoms with Crippen molar-refractivity contribution in [3.8, 4) is 17.2 Å². The summed E-state index contributed by atoms with van der Waals surface area (Å²) < 4.78 is 24.2. The lowest BCUT2D eigenvalue weighted by Gasteiger charge is -2.26. The van der Waals surface area contributed by atoms with Crippen molar-refractivity contribution >= 4 is 35.0 Å². The van der Waals surface area contributed by atoms with Crippen molar-refractivity contribution in [2.24, 2.45) is 4.99 Å². The second kappa shape index (κ2) is 11.2. The van der Waals surface area contributed by atoms with Gasteiger partial charge in [0.25, 0.3) is 5.56 Å². The lowest BCUT2D eigenvalue weighted by Crippen LogP contribution is -2.40. The summed E-state index contributed by atoms with van der Waals surface area (Å²) in [5.74, 6) is 0.953. The molecule has 0 N–H and O–H groups in total.